The average molecular weight is 316 g/mol. The Morgan fingerprint density at radius 3 is 2.18 bits per heavy atom. The number of thioether (sulfide) groups is 1. The molecule has 0 aliphatic carbocycles. The van der Waals surface area contributed by atoms with Gasteiger partial charge in [-0.05, 0) is 38.0 Å². The maximum Gasteiger partial charge on any atom is 0.119 e. The van der Waals surface area contributed by atoms with Gasteiger partial charge in [-0.25, -0.2) is 0 Å². The van der Waals surface area contributed by atoms with Crippen molar-refractivity contribution in [3.63, 3.8) is 0 Å². The largest absolute Gasteiger partial charge is 0.335 e. The van der Waals surface area contributed by atoms with Gasteiger partial charge >= 0.3 is 0 Å². The minimum atomic E-state index is 0.946. The summed E-state index contributed by atoms with van der Waals surface area (Å²) in [6.45, 7) is 10.2. The van der Waals surface area contributed by atoms with Crippen LogP contribution < -0.4 is 4.90 Å². The number of hydrogen-bond acceptors (Lipinski definition) is 3. The van der Waals surface area contributed by atoms with E-state index in [0.717, 1.165) is 28.5 Å². The summed E-state index contributed by atoms with van der Waals surface area (Å²) in [6, 6.07) is 12.7. The minimum Gasteiger partial charge on any atom is -0.335 e. The van der Waals surface area contributed by atoms with Gasteiger partial charge in [0, 0.05) is 11.3 Å². The molecule has 0 saturated heterocycles. The van der Waals surface area contributed by atoms with Crippen molar-refractivity contribution >= 4 is 11.8 Å². The highest BCUT2D eigenvalue weighted by Crippen LogP contribution is 2.20. The lowest BCUT2D eigenvalue weighted by molar-refractivity contribution is -0.893. The predicted molar refractivity (Wildman–Crippen MR) is 94.5 cm³/mol. The van der Waals surface area contributed by atoms with Crippen LogP contribution in [0.3, 0.4) is 0 Å². The van der Waals surface area contributed by atoms with Crippen LogP contribution in [0.25, 0.3) is 11.3 Å². The molecule has 1 heterocycles. The van der Waals surface area contributed by atoms with Crippen LogP contribution in [0.4, 0.5) is 0 Å². The molecule has 1 aromatic heterocycles. The predicted octanol–water partition coefficient (Wildman–Crippen LogP) is 2.72. The van der Waals surface area contributed by atoms with Crippen molar-refractivity contribution in [1.82, 2.24) is 10.2 Å². The summed E-state index contributed by atoms with van der Waals surface area (Å²) < 4.78 is 0. The van der Waals surface area contributed by atoms with E-state index in [1.165, 1.54) is 25.2 Å². The second kappa shape index (κ2) is 8.91. The second-order valence-electron chi connectivity index (χ2n) is 5.36. The molecule has 0 fully saturated rings. The molecule has 1 N–H and O–H groups in total. The summed E-state index contributed by atoms with van der Waals surface area (Å²) in [6.07, 6.45) is 1.07. The summed E-state index contributed by atoms with van der Waals surface area (Å²) in [7, 11) is 0. The van der Waals surface area contributed by atoms with Gasteiger partial charge in [0.2, 0.25) is 0 Å². The van der Waals surface area contributed by atoms with Crippen LogP contribution >= 0.6 is 11.8 Å². The summed E-state index contributed by atoms with van der Waals surface area (Å²) in [5.74, 6) is 1.09. The number of benzene rings is 1. The molecule has 0 radical (unpaired) electrons. The van der Waals surface area contributed by atoms with E-state index >= 15 is 0 Å². The number of aromatic nitrogens is 2. The van der Waals surface area contributed by atoms with Crippen molar-refractivity contribution in [3.05, 3.63) is 42.0 Å². The zero-order valence-corrected chi connectivity index (χ0v) is 14.6. The number of nitrogens with zero attached hydrogens (tertiary/aromatic N) is 2. The number of nitrogens with one attached hydrogen (secondary N) is 1. The van der Waals surface area contributed by atoms with E-state index < -0.39 is 0 Å². The van der Waals surface area contributed by atoms with Crippen LogP contribution in [-0.2, 0) is 6.42 Å². The number of hydrogen-bond donors (Lipinski definition) is 1. The molecule has 0 unspecified atom stereocenters. The Kier molecular flexibility index (Phi) is 6.87. The topological polar surface area (TPSA) is 30.2 Å². The molecule has 0 atom stereocenters. The molecule has 118 valence electrons. The molecule has 2 aromatic rings. The fourth-order valence-corrected chi connectivity index (χ4v) is 3.23. The third-order valence-electron chi connectivity index (χ3n) is 4.00. The molecular weight excluding hydrogens is 290 g/mol. The third-order valence-corrected chi connectivity index (χ3v) is 4.93. The van der Waals surface area contributed by atoms with Crippen LogP contribution in [0.2, 0.25) is 0 Å². The van der Waals surface area contributed by atoms with E-state index in [4.69, 9.17) is 0 Å². The van der Waals surface area contributed by atoms with Crippen molar-refractivity contribution < 1.29 is 4.90 Å². The monoisotopic (exact) mass is 316 g/mol. The molecule has 0 bridgehead atoms. The summed E-state index contributed by atoms with van der Waals surface area (Å²) in [5.41, 5.74) is 3.43. The van der Waals surface area contributed by atoms with Crippen molar-refractivity contribution in [1.29, 1.82) is 0 Å². The first-order valence-electron chi connectivity index (χ1n) is 8.16. The quantitative estimate of drug-likeness (QED) is 0.760. The number of rotatable bonds is 8. The summed E-state index contributed by atoms with van der Waals surface area (Å²) >= 11 is 1.80. The van der Waals surface area contributed by atoms with Crippen LogP contribution in [0, 0.1) is 0 Å². The fourth-order valence-electron chi connectivity index (χ4n) is 2.37. The van der Waals surface area contributed by atoms with E-state index in [1.54, 1.807) is 16.7 Å². The highest BCUT2D eigenvalue weighted by molar-refractivity contribution is 7.99. The molecule has 4 heteroatoms. The molecule has 0 saturated carbocycles. The van der Waals surface area contributed by atoms with E-state index in [2.05, 4.69) is 67.4 Å². The zero-order chi connectivity index (χ0) is 15.8. The Morgan fingerprint density at radius 2 is 1.64 bits per heavy atom. The molecule has 22 heavy (non-hydrogen) atoms. The highest BCUT2D eigenvalue weighted by atomic mass is 32.2. The van der Waals surface area contributed by atoms with Crippen molar-refractivity contribution in [2.75, 3.05) is 25.4 Å². The summed E-state index contributed by atoms with van der Waals surface area (Å²) in [4.78, 5) is 1.63. The fraction of sp³-hybridized carbons (Fsp3) is 0.444. The normalized spacial score (nSPS) is 11.1. The molecular formula is C18H26N3S+. The molecule has 0 amide bonds. The van der Waals surface area contributed by atoms with Gasteiger partial charge in [0.1, 0.15) is 5.03 Å². The lowest BCUT2D eigenvalue weighted by Gasteiger charge is -2.14. The Hall–Kier alpha value is -1.39. The van der Waals surface area contributed by atoms with Crippen molar-refractivity contribution in [2.45, 2.75) is 32.2 Å². The molecule has 0 aliphatic rings. The Balaban J connectivity index is 1.92. The lowest BCUT2D eigenvalue weighted by atomic mass is 10.1. The third kappa shape index (κ3) is 4.82. The van der Waals surface area contributed by atoms with Gasteiger partial charge in [0.05, 0.1) is 25.3 Å². The van der Waals surface area contributed by atoms with Gasteiger partial charge in [-0.3, -0.25) is 0 Å². The Bertz CT molecular complexity index is 548. The smallest absolute Gasteiger partial charge is 0.119 e. The van der Waals surface area contributed by atoms with Crippen molar-refractivity contribution in [3.8, 4) is 11.3 Å². The minimum absolute atomic E-state index is 0.946. The maximum absolute atomic E-state index is 4.36. The van der Waals surface area contributed by atoms with Crippen LogP contribution in [0.5, 0.6) is 0 Å². The Labute approximate surface area is 138 Å². The standard InChI is InChI=1S/C18H25N3S/c1-4-15-7-9-16(10-8-15)17-11-12-18(20-19-17)22-14-13-21(5-2)6-3/h7-12H,4-6,13-14H2,1-3H3/p+1. The van der Waals surface area contributed by atoms with Gasteiger partial charge in [-0.1, -0.05) is 43.0 Å². The van der Waals surface area contributed by atoms with Gasteiger partial charge in [-0.2, -0.15) is 0 Å². The highest BCUT2D eigenvalue weighted by Gasteiger charge is 2.05. The molecule has 2 rings (SSSR count). The van der Waals surface area contributed by atoms with Gasteiger partial charge in [0.15, 0.2) is 0 Å². The first-order chi connectivity index (χ1) is 10.8. The van der Waals surface area contributed by atoms with Gasteiger partial charge in [0.25, 0.3) is 0 Å². The van der Waals surface area contributed by atoms with Crippen LogP contribution in [0.1, 0.15) is 26.3 Å². The molecule has 0 aliphatic heterocycles. The summed E-state index contributed by atoms with van der Waals surface area (Å²) in [5, 5.41) is 9.73. The SMILES string of the molecule is CCc1ccc(-c2ccc(SCC[NH+](CC)CC)nn2)cc1. The number of aryl methyl sites for hydroxylation is 1. The number of quaternary nitrogens is 1. The van der Waals surface area contributed by atoms with E-state index in [-0.39, 0.29) is 0 Å². The van der Waals surface area contributed by atoms with E-state index in [0.29, 0.717) is 0 Å². The van der Waals surface area contributed by atoms with E-state index in [9.17, 15) is 0 Å². The van der Waals surface area contributed by atoms with Crippen molar-refractivity contribution in [2.24, 2.45) is 0 Å². The van der Waals surface area contributed by atoms with Crippen LogP contribution in [0.15, 0.2) is 41.4 Å². The first kappa shape index (κ1) is 17.0. The first-order valence-corrected chi connectivity index (χ1v) is 9.14. The maximum atomic E-state index is 4.36. The average Bonchev–Trinajstić information content (AvgIpc) is 2.59. The van der Waals surface area contributed by atoms with Crippen LogP contribution in [-0.4, -0.2) is 35.6 Å². The second-order valence-corrected chi connectivity index (χ2v) is 6.48. The Morgan fingerprint density at radius 1 is 0.909 bits per heavy atom. The van der Waals surface area contributed by atoms with Gasteiger partial charge in [-0.15, -0.1) is 10.2 Å². The molecule has 1 aromatic carbocycles. The van der Waals surface area contributed by atoms with Gasteiger partial charge < -0.3 is 4.90 Å². The molecule has 3 nitrogen and oxygen atoms in total. The zero-order valence-electron chi connectivity index (χ0n) is 13.8. The molecule has 0 spiro atoms. The van der Waals surface area contributed by atoms with E-state index in [1.807, 2.05) is 0 Å². The lowest BCUT2D eigenvalue weighted by Crippen LogP contribution is -3.11.